The molecule has 0 fully saturated rings. The van der Waals surface area contributed by atoms with Crippen LogP contribution in [0.25, 0.3) is 0 Å². The van der Waals surface area contributed by atoms with Crippen LogP contribution in [-0.4, -0.2) is 7.11 Å². The Kier molecular flexibility index (Phi) is 4.26. The zero-order chi connectivity index (χ0) is 13.0. The van der Waals surface area contributed by atoms with Gasteiger partial charge < -0.3 is 10.1 Å². The van der Waals surface area contributed by atoms with Crippen molar-refractivity contribution in [2.75, 3.05) is 12.4 Å². The van der Waals surface area contributed by atoms with Crippen LogP contribution in [0.2, 0.25) is 0 Å². The monoisotopic (exact) mass is 305 g/mol. The summed E-state index contributed by atoms with van der Waals surface area (Å²) in [5, 5.41) is 3.39. The van der Waals surface area contributed by atoms with Crippen molar-refractivity contribution in [3.8, 4) is 5.75 Å². The fourth-order valence-electron chi connectivity index (χ4n) is 1.81. The molecule has 0 spiro atoms. The van der Waals surface area contributed by atoms with E-state index in [1.807, 2.05) is 30.3 Å². The zero-order valence-corrected chi connectivity index (χ0v) is 12.1. The third-order valence-corrected chi connectivity index (χ3v) is 3.29. The summed E-state index contributed by atoms with van der Waals surface area (Å²) in [6.07, 6.45) is 0. The smallest absolute Gasteiger partial charge is 0.123 e. The molecule has 0 unspecified atom stereocenters. The fourth-order valence-corrected chi connectivity index (χ4v) is 2.07. The van der Waals surface area contributed by atoms with Gasteiger partial charge in [-0.05, 0) is 37.3 Å². The lowest BCUT2D eigenvalue weighted by molar-refractivity contribution is 0.410. The van der Waals surface area contributed by atoms with E-state index in [2.05, 4.69) is 40.3 Å². The van der Waals surface area contributed by atoms with Gasteiger partial charge in [0, 0.05) is 22.3 Å². The number of aryl methyl sites for hydroxylation is 1. The highest BCUT2D eigenvalue weighted by atomic mass is 79.9. The normalized spacial score (nSPS) is 10.2. The van der Waals surface area contributed by atoms with Crippen molar-refractivity contribution in [1.29, 1.82) is 0 Å². The Labute approximate surface area is 116 Å². The van der Waals surface area contributed by atoms with Gasteiger partial charge in [0.2, 0.25) is 0 Å². The summed E-state index contributed by atoms with van der Waals surface area (Å²) in [5.74, 6) is 0.921. The first-order valence-corrected chi connectivity index (χ1v) is 6.61. The molecule has 2 aromatic rings. The summed E-state index contributed by atoms with van der Waals surface area (Å²) in [7, 11) is 1.70. The summed E-state index contributed by atoms with van der Waals surface area (Å²) < 4.78 is 6.44. The Hall–Kier alpha value is -1.48. The molecule has 0 aliphatic heterocycles. The maximum absolute atomic E-state index is 5.36. The Morgan fingerprint density at radius 2 is 1.83 bits per heavy atom. The Morgan fingerprint density at radius 3 is 2.50 bits per heavy atom. The summed E-state index contributed by atoms with van der Waals surface area (Å²) in [5.41, 5.74) is 3.51. The van der Waals surface area contributed by atoms with Gasteiger partial charge in [-0.2, -0.15) is 0 Å². The van der Waals surface area contributed by atoms with Crippen molar-refractivity contribution in [2.24, 2.45) is 0 Å². The standard InChI is InChI=1S/C15H16BrNO/c1-11-3-8-15(18-2)12(9-11)10-17-14-6-4-13(16)5-7-14/h3-9,17H,10H2,1-2H3. The molecule has 0 radical (unpaired) electrons. The number of halogens is 1. The zero-order valence-electron chi connectivity index (χ0n) is 10.5. The largest absolute Gasteiger partial charge is 0.496 e. The first-order valence-electron chi connectivity index (χ1n) is 5.82. The average Bonchev–Trinajstić information content (AvgIpc) is 2.38. The second-order valence-corrected chi connectivity index (χ2v) is 5.09. The third kappa shape index (κ3) is 3.26. The number of hydrogen-bond acceptors (Lipinski definition) is 2. The van der Waals surface area contributed by atoms with E-state index >= 15 is 0 Å². The molecule has 0 amide bonds. The number of benzene rings is 2. The molecule has 2 rings (SSSR count). The molecule has 0 aliphatic carbocycles. The van der Waals surface area contributed by atoms with Crippen LogP contribution in [0.3, 0.4) is 0 Å². The van der Waals surface area contributed by atoms with Crippen LogP contribution in [-0.2, 0) is 6.54 Å². The number of rotatable bonds is 4. The van der Waals surface area contributed by atoms with Crippen LogP contribution in [0.5, 0.6) is 5.75 Å². The molecular weight excluding hydrogens is 290 g/mol. The molecule has 2 nitrogen and oxygen atoms in total. The van der Waals surface area contributed by atoms with Crippen molar-refractivity contribution in [1.82, 2.24) is 0 Å². The van der Waals surface area contributed by atoms with Gasteiger partial charge in [0.1, 0.15) is 5.75 Å². The molecule has 0 atom stereocenters. The van der Waals surface area contributed by atoms with Gasteiger partial charge in [-0.1, -0.05) is 33.6 Å². The van der Waals surface area contributed by atoms with Gasteiger partial charge in [0.15, 0.2) is 0 Å². The van der Waals surface area contributed by atoms with Crippen molar-refractivity contribution in [2.45, 2.75) is 13.5 Å². The predicted molar refractivity (Wildman–Crippen MR) is 79.2 cm³/mol. The molecular formula is C15H16BrNO. The number of nitrogens with one attached hydrogen (secondary N) is 1. The minimum absolute atomic E-state index is 0.756. The molecule has 0 saturated carbocycles. The summed E-state index contributed by atoms with van der Waals surface area (Å²) in [6.45, 7) is 2.84. The van der Waals surface area contributed by atoms with Crippen molar-refractivity contribution < 1.29 is 4.74 Å². The van der Waals surface area contributed by atoms with Crippen LogP contribution in [0.1, 0.15) is 11.1 Å². The molecule has 0 bridgehead atoms. The highest BCUT2D eigenvalue weighted by molar-refractivity contribution is 9.10. The number of anilines is 1. The lowest BCUT2D eigenvalue weighted by Gasteiger charge is -2.11. The van der Waals surface area contributed by atoms with E-state index in [1.54, 1.807) is 7.11 Å². The minimum Gasteiger partial charge on any atom is -0.496 e. The Morgan fingerprint density at radius 1 is 1.11 bits per heavy atom. The number of methoxy groups -OCH3 is 1. The van der Waals surface area contributed by atoms with E-state index in [4.69, 9.17) is 4.74 Å². The van der Waals surface area contributed by atoms with E-state index in [-0.39, 0.29) is 0 Å². The summed E-state index contributed by atoms with van der Waals surface area (Å²) in [6, 6.07) is 14.4. The molecule has 2 aromatic carbocycles. The maximum atomic E-state index is 5.36. The van der Waals surface area contributed by atoms with E-state index in [0.29, 0.717) is 0 Å². The SMILES string of the molecule is COc1ccc(C)cc1CNc1ccc(Br)cc1. The van der Waals surface area contributed by atoms with Crippen molar-refractivity contribution in [3.63, 3.8) is 0 Å². The van der Waals surface area contributed by atoms with E-state index in [9.17, 15) is 0 Å². The topological polar surface area (TPSA) is 21.3 Å². The van der Waals surface area contributed by atoms with Crippen LogP contribution in [0.4, 0.5) is 5.69 Å². The number of ether oxygens (including phenoxy) is 1. The summed E-state index contributed by atoms with van der Waals surface area (Å²) in [4.78, 5) is 0. The molecule has 0 aliphatic rings. The highest BCUT2D eigenvalue weighted by Crippen LogP contribution is 2.21. The van der Waals surface area contributed by atoms with Crippen LogP contribution in [0, 0.1) is 6.92 Å². The van der Waals surface area contributed by atoms with Crippen LogP contribution >= 0.6 is 15.9 Å². The van der Waals surface area contributed by atoms with Crippen LogP contribution in [0.15, 0.2) is 46.9 Å². The third-order valence-electron chi connectivity index (χ3n) is 2.76. The van der Waals surface area contributed by atoms with Crippen molar-refractivity contribution in [3.05, 3.63) is 58.1 Å². The maximum Gasteiger partial charge on any atom is 0.123 e. The second-order valence-electron chi connectivity index (χ2n) is 4.18. The van der Waals surface area contributed by atoms with Crippen LogP contribution < -0.4 is 10.1 Å². The van der Waals surface area contributed by atoms with E-state index in [1.165, 1.54) is 11.1 Å². The van der Waals surface area contributed by atoms with Gasteiger partial charge in [-0.15, -0.1) is 0 Å². The van der Waals surface area contributed by atoms with E-state index < -0.39 is 0 Å². The molecule has 3 heteroatoms. The van der Waals surface area contributed by atoms with Gasteiger partial charge in [0.05, 0.1) is 7.11 Å². The van der Waals surface area contributed by atoms with Gasteiger partial charge in [-0.3, -0.25) is 0 Å². The molecule has 1 N–H and O–H groups in total. The quantitative estimate of drug-likeness (QED) is 0.905. The fraction of sp³-hybridized carbons (Fsp3) is 0.200. The van der Waals surface area contributed by atoms with Crippen molar-refractivity contribution >= 4 is 21.6 Å². The second kappa shape index (κ2) is 5.91. The highest BCUT2D eigenvalue weighted by Gasteiger charge is 2.02. The number of hydrogen-bond donors (Lipinski definition) is 1. The summed E-state index contributed by atoms with van der Waals surface area (Å²) >= 11 is 3.43. The van der Waals surface area contributed by atoms with Gasteiger partial charge in [-0.25, -0.2) is 0 Å². The lowest BCUT2D eigenvalue weighted by Crippen LogP contribution is -2.02. The first-order chi connectivity index (χ1) is 8.69. The van der Waals surface area contributed by atoms with Gasteiger partial charge in [0.25, 0.3) is 0 Å². The molecule has 0 heterocycles. The van der Waals surface area contributed by atoms with E-state index in [0.717, 1.165) is 22.5 Å². The minimum atomic E-state index is 0.756. The average molecular weight is 306 g/mol. The molecule has 0 aromatic heterocycles. The predicted octanol–water partition coefficient (Wildman–Crippen LogP) is 4.38. The first kappa shape index (κ1) is 13.0. The van der Waals surface area contributed by atoms with Gasteiger partial charge >= 0.3 is 0 Å². The molecule has 18 heavy (non-hydrogen) atoms. The molecule has 94 valence electrons. The Balaban J connectivity index is 2.09. The molecule has 0 saturated heterocycles. The lowest BCUT2D eigenvalue weighted by atomic mass is 10.1. The Bertz CT molecular complexity index is 523.